The van der Waals surface area contributed by atoms with Gasteiger partial charge in [-0.15, -0.1) is 0 Å². The number of hydrogen-bond donors (Lipinski definition) is 1. The Bertz CT molecular complexity index is 344. The first-order chi connectivity index (χ1) is 7.83. The molecule has 0 spiro atoms. The lowest BCUT2D eigenvalue weighted by molar-refractivity contribution is 0.340. The van der Waals surface area contributed by atoms with E-state index in [2.05, 4.69) is 41.4 Å². The van der Waals surface area contributed by atoms with Crippen molar-refractivity contribution in [3.05, 3.63) is 29.8 Å². The Balaban J connectivity index is 1.75. The van der Waals surface area contributed by atoms with Gasteiger partial charge in [0.15, 0.2) is 0 Å². The fraction of sp³-hybridized carbons (Fsp3) is 0.571. The summed E-state index contributed by atoms with van der Waals surface area (Å²) in [5.74, 6) is 0.870. The Morgan fingerprint density at radius 1 is 1.19 bits per heavy atom. The molecule has 2 aliphatic heterocycles. The number of hydrogen-bond acceptors (Lipinski definition) is 2. The lowest BCUT2D eigenvalue weighted by Gasteiger charge is -2.24. The summed E-state index contributed by atoms with van der Waals surface area (Å²) in [7, 11) is 0. The number of anilines is 1. The van der Waals surface area contributed by atoms with Crippen LogP contribution in [0, 0.1) is 12.8 Å². The zero-order chi connectivity index (χ0) is 11.0. The number of piperidine rings is 1. The Kier molecular flexibility index (Phi) is 2.60. The Morgan fingerprint density at radius 3 is 2.75 bits per heavy atom. The van der Waals surface area contributed by atoms with Gasteiger partial charge in [-0.25, -0.2) is 0 Å². The molecule has 2 heteroatoms. The van der Waals surface area contributed by atoms with E-state index in [-0.39, 0.29) is 0 Å². The molecule has 2 atom stereocenters. The minimum atomic E-state index is 0.732. The molecular formula is C14H20N2. The Labute approximate surface area is 97.6 Å². The lowest BCUT2D eigenvalue weighted by atomic mass is 9.94. The van der Waals surface area contributed by atoms with Crippen LogP contribution in [0.25, 0.3) is 0 Å². The van der Waals surface area contributed by atoms with Gasteiger partial charge in [-0.3, -0.25) is 0 Å². The lowest BCUT2D eigenvalue weighted by Crippen LogP contribution is -2.40. The van der Waals surface area contributed by atoms with Gasteiger partial charge in [0.05, 0.1) is 0 Å². The number of rotatable bonds is 1. The van der Waals surface area contributed by atoms with Crippen LogP contribution in [0.2, 0.25) is 0 Å². The van der Waals surface area contributed by atoms with Crippen molar-refractivity contribution in [1.82, 2.24) is 5.32 Å². The van der Waals surface area contributed by atoms with E-state index in [1.165, 1.54) is 43.7 Å². The van der Waals surface area contributed by atoms with Gasteiger partial charge in [-0.2, -0.15) is 0 Å². The molecule has 0 aliphatic carbocycles. The standard InChI is InChI=1S/C14H20N2/c1-11-4-6-13(7-5-11)16-9-12-3-2-8-15-14(12)10-16/h4-7,12,14-15H,2-3,8-10H2,1H3. The molecule has 86 valence electrons. The molecule has 0 saturated carbocycles. The summed E-state index contributed by atoms with van der Waals surface area (Å²) in [4.78, 5) is 2.53. The van der Waals surface area contributed by atoms with Crippen LogP contribution in [-0.2, 0) is 0 Å². The molecule has 2 aliphatic rings. The van der Waals surface area contributed by atoms with E-state index in [9.17, 15) is 0 Å². The highest BCUT2D eigenvalue weighted by Crippen LogP contribution is 2.28. The third-order valence-corrected chi connectivity index (χ3v) is 4.00. The highest BCUT2D eigenvalue weighted by Gasteiger charge is 2.34. The summed E-state index contributed by atoms with van der Waals surface area (Å²) >= 11 is 0. The van der Waals surface area contributed by atoms with Crippen LogP contribution in [0.15, 0.2) is 24.3 Å². The third kappa shape index (κ3) is 1.82. The molecule has 1 N–H and O–H groups in total. The van der Waals surface area contributed by atoms with Crippen LogP contribution in [0.4, 0.5) is 5.69 Å². The van der Waals surface area contributed by atoms with Gasteiger partial charge in [0, 0.05) is 24.8 Å². The van der Waals surface area contributed by atoms with Gasteiger partial charge in [-0.05, 0) is 44.4 Å². The highest BCUT2D eigenvalue weighted by atomic mass is 15.2. The van der Waals surface area contributed by atoms with Gasteiger partial charge in [-0.1, -0.05) is 17.7 Å². The Hall–Kier alpha value is -1.02. The second-order valence-corrected chi connectivity index (χ2v) is 5.20. The molecule has 2 nitrogen and oxygen atoms in total. The Morgan fingerprint density at radius 2 is 2.00 bits per heavy atom. The van der Waals surface area contributed by atoms with Crippen LogP contribution in [0.5, 0.6) is 0 Å². The molecule has 0 bridgehead atoms. The van der Waals surface area contributed by atoms with Crippen molar-refractivity contribution in [2.75, 3.05) is 24.5 Å². The zero-order valence-corrected chi connectivity index (χ0v) is 9.95. The normalized spacial score (nSPS) is 29.2. The maximum Gasteiger partial charge on any atom is 0.0367 e. The molecule has 16 heavy (non-hydrogen) atoms. The summed E-state index contributed by atoms with van der Waals surface area (Å²) in [6.07, 6.45) is 2.75. The monoisotopic (exact) mass is 216 g/mol. The predicted molar refractivity (Wildman–Crippen MR) is 67.9 cm³/mol. The minimum absolute atomic E-state index is 0.732. The smallest absolute Gasteiger partial charge is 0.0367 e. The largest absolute Gasteiger partial charge is 0.370 e. The molecule has 2 fully saturated rings. The average molecular weight is 216 g/mol. The SMILES string of the molecule is Cc1ccc(N2CC3CCCNC3C2)cc1. The number of fused-ring (bicyclic) bond motifs is 1. The number of aryl methyl sites for hydroxylation is 1. The molecule has 0 radical (unpaired) electrons. The molecule has 2 heterocycles. The summed E-state index contributed by atoms with van der Waals surface area (Å²) in [6, 6.07) is 9.67. The van der Waals surface area contributed by atoms with E-state index in [4.69, 9.17) is 0 Å². The summed E-state index contributed by atoms with van der Waals surface area (Å²) < 4.78 is 0. The van der Waals surface area contributed by atoms with Crippen LogP contribution in [0.1, 0.15) is 18.4 Å². The summed E-state index contributed by atoms with van der Waals surface area (Å²) in [5, 5.41) is 3.65. The minimum Gasteiger partial charge on any atom is -0.370 e. The molecule has 2 saturated heterocycles. The predicted octanol–water partition coefficient (Wildman–Crippen LogP) is 2.18. The van der Waals surface area contributed by atoms with Crippen molar-refractivity contribution >= 4 is 5.69 Å². The van der Waals surface area contributed by atoms with Crippen molar-refractivity contribution in [2.24, 2.45) is 5.92 Å². The molecule has 3 rings (SSSR count). The quantitative estimate of drug-likeness (QED) is 0.774. The molecule has 2 unspecified atom stereocenters. The molecule has 1 aromatic carbocycles. The third-order valence-electron chi connectivity index (χ3n) is 4.00. The summed E-state index contributed by atoms with van der Waals surface area (Å²) in [5.41, 5.74) is 2.74. The first kappa shape index (κ1) is 10.2. The van der Waals surface area contributed by atoms with Crippen molar-refractivity contribution in [1.29, 1.82) is 0 Å². The molecule has 0 aromatic heterocycles. The molecular weight excluding hydrogens is 196 g/mol. The van der Waals surface area contributed by atoms with E-state index < -0.39 is 0 Å². The van der Waals surface area contributed by atoms with Crippen molar-refractivity contribution in [2.45, 2.75) is 25.8 Å². The van der Waals surface area contributed by atoms with Gasteiger partial charge >= 0.3 is 0 Å². The first-order valence-corrected chi connectivity index (χ1v) is 6.38. The van der Waals surface area contributed by atoms with Crippen LogP contribution in [-0.4, -0.2) is 25.7 Å². The van der Waals surface area contributed by atoms with Gasteiger partial charge in [0.2, 0.25) is 0 Å². The van der Waals surface area contributed by atoms with Gasteiger partial charge in [0.1, 0.15) is 0 Å². The van der Waals surface area contributed by atoms with Crippen LogP contribution in [0.3, 0.4) is 0 Å². The van der Waals surface area contributed by atoms with Crippen LogP contribution >= 0.6 is 0 Å². The van der Waals surface area contributed by atoms with Crippen molar-refractivity contribution in [3.63, 3.8) is 0 Å². The second-order valence-electron chi connectivity index (χ2n) is 5.20. The van der Waals surface area contributed by atoms with Crippen molar-refractivity contribution < 1.29 is 0 Å². The van der Waals surface area contributed by atoms with Crippen molar-refractivity contribution in [3.8, 4) is 0 Å². The van der Waals surface area contributed by atoms with E-state index in [1.54, 1.807) is 0 Å². The average Bonchev–Trinajstić information content (AvgIpc) is 2.73. The topological polar surface area (TPSA) is 15.3 Å². The maximum atomic E-state index is 3.65. The highest BCUT2D eigenvalue weighted by molar-refractivity contribution is 5.49. The fourth-order valence-electron chi connectivity index (χ4n) is 3.01. The fourth-order valence-corrected chi connectivity index (χ4v) is 3.01. The van der Waals surface area contributed by atoms with E-state index in [1.807, 2.05) is 0 Å². The molecule has 0 amide bonds. The van der Waals surface area contributed by atoms with Gasteiger partial charge < -0.3 is 10.2 Å². The first-order valence-electron chi connectivity index (χ1n) is 6.38. The van der Waals surface area contributed by atoms with Crippen LogP contribution < -0.4 is 10.2 Å². The number of benzene rings is 1. The van der Waals surface area contributed by atoms with E-state index in [0.29, 0.717) is 0 Å². The second kappa shape index (κ2) is 4.10. The van der Waals surface area contributed by atoms with E-state index in [0.717, 1.165) is 12.0 Å². The van der Waals surface area contributed by atoms with E-state index >= 15 is 0 Å². The maximum absolute atomic E-state index is 3.65. The number of nitrogens with zero attached hydrogens (tertiary/aromatic N) is 1. The van der Waals surface area contributed by atoms with Gasteiger partial charge in [0.25, 0.3) is 0 Å². The number of nitrogens with one attached hydrogen (secondary N) is 1. The summed E-state index contributed by atoms with van der Waals surface area (Å²) in [6.45, 7) is 5.78. The molecule has 1 aromatic rings. The zero-order valence-electron chi connectivity index (χ0n) is 9.95.